The maximum atomic E-state index is 11.9. The second-order valence-electron chi connectivity index (χ2n) is 4.52. The third kappa shape index (κ3) is 1.95. The Morgan fingerprint density at radius 3 is 2.53 bits per heavy atom. The summed E-state index contributed by atoms with van der Waals surface area (Å²) in [5.74, 6) is 1.99. The van der Waals surface area contributed by atoms with E-state index in [1.54, 1.807) is 40.2 Å². The number of ketones is 1. The lowest BCUT2D eigenvalue weighted by molar-refractivity contribution is -0.132. The number of hydrogen-bond acceptors (Lipinski definition) is 4. The van der Waals surface area contributed by atoms with Gasteiger partial charge in [-0.15, -0.1) is 0 Å². The van der Waals surface area contributed by atoms with Crippen molar-refractivity contribution in [2.75, 3.05) is 14.2 Å². The van der Waals surface area contributed by atoms with Crippen LogP contribution in [0.1, 0.15) is 19.4 Å². The van der Waals surface area contributed by atoms with Gasteiger partial charge in [0.15, 0.2) is 11.4 Å². The van der Waals surface area contributed by atoms with Crippen LogP contribution in [-0.2, 0) is 11.2 Å². The van der Waals surface area contributed by atoms with E-state index in [-0.39, 0.29) is 5.78 Å². The molecular weight excluding hydrogens is 220 g/mol. The zero-order valence-electron chi connectivity index (χ0n) is 10.5. The van der Waals surface area contributed by atoms with Gasteiger partial charge in [0, 0.05) is 24.1 Å². The molecule has 4 nitrogen and oxygen atoms in total. The zero-order chi connectivity index (χ0) is 12.6. The number of Topliss-reactive ketones (excluding diaryl/α,β-unsaturated/α-hetero) is 1. The molecule has 0 unspecified atom stereocenters. The number of carbonyl (C=O) groups is 1. The average Bonchev–Trinajstić information content (AvgIpc) is 2.29. The van der Waals surface area contributed by atoms with Crippen LogP contribution in [0.3, 0.4) is 0 Å². The number of methoxy groups -OCH3 is 2. The number of ether oxygens (including phenoxy) is 3. The summed E-state index contributed by atoms with van der Waals surface area (Å²) >= 11 is 0. The van der Waals surface area contributed by atoms with Gasteiger partial charge in [-0.2, -0.15) is 0 Å². The van der Waals surface area contributed by atoms with Gasteiger partial charge < -0.3 is 14.2 Å². The Morgan fingerprint density at radius 2 is 1.94 bits per heavy atom. The fourth-order valence-electron chi connectivity index (χ4n) is 1.87. The first kappa shape index (κ1) is 11.8. The standard InChI is InChI=1S/C13H16O4/c1-13(2)12(14)7-9-10(16-4)5-8(15-3)6-11(9)17-13/h5-6H,7H2,1-4H3. The topological polar surface area (TPSA) is 44.8 Å². The van der Waals surface area contributed by atoms with Gasteiger partial charge in [0.2, 0.25) is 0 Å². The van der Waals surface area contributed by atoms with E-state index in [2.05, 4.69) is 0 Å². The number of fused-ring (bicyclic) bond motifs is 1. The minimum absolute atomic E-state index is 0.0495. The Balaban J connectivity index is 2.53. The second kappa shape index (κ2) is 3.95. The molecule has 2 rings (SSSR count). The smallest absolute Gasteiger partial charge is 0.180 e. The van der Waals surface area contributed by atoms with Crippen molar-refractivity contribution in [2.24, 2.45) is 0 Å². The Morgan fingerprint density at radius 1 is 1.24 bits per heavy atom. The molecule has 0 fully saturated rings. The normalized spacial score (nSPS) is 17.1. The summed E-state index contributed by atoms with van der Waals surface area (Å²) in [7, 11) is 3.15. The van der Waals surface area contributed by atoms with Crippen LogP contribution in [-0.4, -0.2) is 25.6 Å². The van der Waals surface area contributed by atoms with Crippen molar-refractivity contribution in [3.05, 3.63) is 17.7 Å². The lowest BCUT2D eigenvalue weighted by atomic mass is 9.92. The molecule has 0 aliphatic carbocycles. The first-order chi connectivity index (χ1) is 7.97. The molecule has 0 atom stereocenters. The molecule has 0 amide bonds. The van der Waals surface area contributed by atoms with Gasteiger partial charge in [0.25, 0.3) is 0 Å². The molecule has 0 aromatic heterocycles. The van der Waals surface area contributed by atoms with Crippen molar-refractivity contribution in [3.63, 3.8) is 0 Å². The zero-order valence-corrected chi connectivity index (χ0v) is 10.5. The molecule has 1 aliphatic rings. The van der Waals surface area contributed by atoms with Crippen molar-refractivity contribution in [3.8, 4) is 17.2 Å². The number of carbonyl (C=O) groups excluding carboxylic acids is 1. The van der Waals surface area contributed by atoms with Gasteiger partial charge in [-0.1, -0.05) is 0 Å². The first-order valence-corrected chi connectivity index (χ1v) is 5.45. The van der Waals surface area contributed by atoms with Crippen LogP contribution >= 0.6 is 0 Å². The summed E-state index contributed by atoms with van der Waals surface area (Å²) in [6.07, 6.45) is 0.329. The molecule has 0 saturated carbocycles. The maximum absolute atomic E-state index is 11.9. The molecule has 0 N–H and O–H groups in total. The van der Waals surface area contributed by atoms with Gasteiger partial charge in [0.1, 0.15) is 17.2 Å². The minimum Gasteiger partial charge on any atom is -0.496 e. The Kier molecular flexibility index (Phi) is 2.73. The summed E-state index contributed by atoms with van der Waals surface area (Å²) in [5.41, 5.74) is 0.00214. The molecule has 1 heterocycles. The second-order valence-corrected chi connectivity index (χ2v) is 4.52. The summed E-state index contributed by atoms with van der Waals surface area (Å²) < 4.78 is 16.1. The highest BCUT2D eigenvalue weighted by Gasteiger charge is 2.36. The van der Waals surface area contributed by atoms with Gasteiger partial charge in [-0.25, -0.2) is 0 Å². The van der Waals surface area contributed by atoms with Crippen LogP contribution in [0.25, 0.3) is 0 Å². The molecule has 0 radical (unpaired) electrons. The maximum Gasteiger partial charge on any atom is 0.180 e. The molecule has 1 aromatic rings. The van der Waals surface area contributed by atoms with Crippen LogP contribution in [0, 0.1) is 0 Å². The fraction of sp³-hybridized carbons (Fsp3) is 0.462. The summed E-state index contributed by atoms with van der Waals surface area (Å²) in [5, 5.41) is 0. The quantitative estimate of drug-likeness (QED) is 0.787. The Labute approximate surface area is 100 Å². The fourth-order valence-corrected chi connectivity index (χ4v) is 1.87. The third-order valence-corrected chi connectivity index (χ3v) is 2.97. The van der Waals surface area contributed by atoms with Crippen molar-refractivity contribution in [2.45, 2.75) is 25.9 Å². The van der Waals surface area contributed by atoms with E-state index in [1.165, 1.54) is 0 Å². The molecule has 0 spiro atoms. The SMILES string of the molecule is COc1cc(OC)c2c(c1)OC(C)(C)C(=O)C2. The van der Waals surface area contributed by atoms with Crippen LogP contribution in [0.5, 0.6) is 17.2 Å². The van der Waals surface area contributed by atoms with E-state index in [1.807, 2.05) is 0 Å². The molecule has 4 heteroatoms. The average molecular weight is 236 g/mol. The van der Waals surface area contributed by atoms with Crippen LogP contribution in [0.15, 0.2) is 12.1 Å². The van der Waals surface area contributed by atoms with Crippen molar-refractivity contribution < 1.29 is 19.0 Å². The highest BCUT2D eigenvalue weighted by molar-refractivity contribution is 5.91. The minimum atomic E-state index is -0.787. The van der Waals surface area contributed by atoms with Gasteiger partial charge >= 0.3 is 0 Å². The van der Waals surface area contributed by atoms with E-state index in [0.29, 0.717) is 23.7 Å². The summed E-state index contributed by atoms with van der Waals surface area (Å²) in [4.78, 5) is 11.9. The highest BCUT2D eigenvalue weighted by atomic mass is 16.5. The van der Waals surface area contributed by atoms with E-state index >= 15 is 0 Å². The Bertz CT molecular complexity index is 463. The number of rotatable bonds is 2. The summed E-state index contributed by atoms with van der Waals surface area (Å²) in [6, 6.07) is 3.54. The molecule has 17 heavy (non-hydrogen) atoms. The molecule has 0 saturated heterocycles. The monoisotopic (exact) mass is 236 g/mol. The first-order valence-electron chi connectivity index (χ1n) is 5.45. The molecule has 1 aliphatic heterocycles. The molecule has 92 valence electrons. The lowest BCUT2D eigenvalue weighted by Crippen LogP contribution is -2.42. The predicted octanol–water partition coefficient (Wildman–Crippen LogP) is 1.99. The van der Waals surface area contributed by atoms with Crippen molar-refractivity contribution in [1.82, 2.24) is 0 Å². The van der Waals surface area contributed by atoms with E-state index in [9.17, 15) is 4.79 Å². The summed E-state index contributed by atoms with van der Waals surface area (Å²) in [6.45, 7) is 3.54. The van der Waals surface area contributed by atoms with Crippen LogP contribution in [0.2, 0.25) is 0 Å². The van der Waals surface area contributed by atoms with E-state index in [4.69, 9.17) is 14.2 Å². The van der Waals surface area contributed by atoms with E-state index < -0.39 is 5.60 Å². The third-order valence-electron chi connectivity index (χ3n) is 2.97. The highest BCUT2D eigenvalue weighted by Crippen LogP contribution is 2.40. The van der Waals surface area contributed by atoms with Crippen molar-refractivity contribution >= 4 is 5.78 Å². The Hall–Kier alpha value is -1.71. The van der Waals surface area contributed by atoms with Gasteiger partial charge in [-0.05, 0) is 13.8 Å². The predicted molar refractivity (Wildman–Crippen MR) is 63.0 cm³/mol. The number of hydrogen-bond donors (Lipinski definition) is 0. The van der Waals surface area contributed by atoms with Crippen LogP contribution in [0.4, 0.5) is 0 Å². The largest absolute Gasteiger partial charge is 0.496 e. The molecular formula is C13H16O4. The van der Waals surface area contributed by atoms with Crippen molar-refractivity contribution in [1.29, 1.82) is 0 Å². The van der Waals surface area contributed by atoms with Gasteiger partial charge in [-0.3, -0.25) is 4.79 Å². The van der Waals surface area contributed by atoms with Gasteiger partial charge in [0.05, 0.1) is 14.2 Å². The lowest BCUT2D eigenvalue weighted by Gasteiger charge is -2.32. The molecule has 1 aromatic carbocycles. The van der Waals surface area contributed by atoms with E-state index in [0.717, 1.165) is 5.56 Å². The number of benzene rings is 1. The molecule has 0 bridgehead atoms. The van der Waals surface area contributed by atoms with Crippen LogP contribution < -0.4 is 14.2 Å².